The summed E-state index contributed by atoms with van der Waals surface area (Å²) in [4.78, 5) is 11.7. The standard InChI is InChI=1S/C24H30BrClO3/c1-2-3-4-5-6-7-8-12-17-28-21-16-15-20(24(26)27)22(25)23(21)29-18-19-13-10-9-11-14-19/h9-11,13-16H,2-8,12,17-18H2,1H3. The van der Waals surface area contributed by atoms with E-state index in [9.17, 15) is 4.79 Å². The van der Waals surface area contributed by atoms with Crippen LogP contribution in [0.2, 0.25) is 0 Å². The Morgan fingerprint density at radius 3 is 2.21 bits per heavy atom. The minimum Gasteiger partial charge on any atom is -0.490 e. The van der Waals surface area contributed by atoms with Gasteiger partial charge in [0.2, 0.25) is 0 Å². The van der Waals surface area contributed by atoms with E-state index in [-0.39, 0.29) is 0 Å². The van der Waals surface area contributed by atoms with Crippen LogP contribution < -0.4 is 9.47 Å². The molecule has 2 rings (SSSR count). The summed E-state index contributed by atoms with van der Waals surface area (Å²) >= 11 is 9.15. The van der Waals surface area contributed by atoms with Crippen LogP contribution >= 0.6 is 27.5 Å². The van der Waals surface area contributed by atoms with Gasteiger partial charge >= 0.3 is 0 Å². The monoisotopic (exact) mass is 480 g/mol. The van der Waals surface area contributed by atoms with E-state index in [0.29, 0.717) is 34.7 Å². The van der Waals surface area contributed by atoms with Crippen molar-refractivity contribution in [1.29, 1.82) is 0 Å². The van der Waals surface area contributed by atoms with Gasteiger partial charge in [-0.15, -0.1) is 0 Å². The number of rotatable bonds is 14. The maximum atomic E-state index is 11.7. The molecule has 0 unspecified atom stereocenters. The molecule has 0 aliphatic heterocycles. The summed E-state index contributed by atoms with van der Waals surface area (Å²) in [7, 11) is 0. The van der Waals surface area contributed by atoms with E-state index in [2.05, 4.69) is 22.9 Å². The molecular formula is C24H30BrClO3. The molecule has 158 valence electrons. The van der Waals surface area contributed by atoms with Crippen molar-refractivity contribution in [3.8, 4) is 11.5 Å². The number of hydrogen-bond acceptors (Lipinski definition) is 3. The highest BCUT2D eigenvalue weighted by Crippen LogP contribution is 2.39. The lowest BCUT2D eigenvalue weighted by molar-refractivity contribution is 0.108. The summed E-state index contributed by atoms with van der Waals surface area (Å²) in [6.45, 7) is 3.24. The molecule has 2 aromatic rings. The van der Waals surface area contributed by atoms with Crippen molar-refractivity contribution in [3.05, 3.63) is 58.1 Å². The van der Waals surface area contributed by atoms with Crippen LogP contribution in [-0.4, -0.2) is 11.8 Å². The molecule has 0 saturated carbocycles. The number of carbonyl (C=O) groups excluding carboxylic acids is 1. The van der Waals surface area contributed by atoms with Crippen molar-refractivity contribution in [3.63, 3.8) is 0 Å². The molecule has 29 heavy (non-hydrogen) atoms. The minimum atomic E-state index is -0.531. The number of halogens is 2. The van der Waals surface area contributed by atoms with E-state index in [1.807, 2.05) is 30.3 Å². The van der Waals surface area contributed by atoms with Gasteiger partial charge in [-0.3, -0.25) is 4.79 Å². The second kappa shape index (κ2) is 13.7. The van der Waals surface area contributed by atoms with Crippen LogP contribution in [0.25, 0.3) is 0 Å². The van der Waals surface area contributed by atoms with E-state index < -0.39 is 5.24 Å². The van der Waals surface area contributed by atoms with Gasteiger partial charge in [-0.2, -0.15) is 0 Å². The lowest BCUT2D eigenvalue weighted by Gasteiger charge is -2.16. The van der Waals surface area contributed by atoms with Crippen LogP contribution in [-0.2, 0) is 6.61 Å². The Kier molecular flexibility index (Phi) is 11.2. The quantitative estimate of drug-likeness (QED) is 0.203. The van der Waals surface area contributed by atoms with Gasteiger partial charge in [-0.1, -0.05) is 82.2 Å². The lowest BCUT2D eigenvalue weighted by Crippen LogP contribution is -2.04. The molecule has 3 nitrogen and oxygen atoms in total. The van der Waals surface area contributed by atoms with Crippen molar-refractivity contribution in [1.82, 2.24) is 0 Å². The molecule has 0 aromatic heterocycles. The maximum absolute atomic E-state index is 11.7. The highest BCUT2D eigenvalue weighted by molar-refractivity contribution is 9.10. The molecule has 0 bridgehead atoms. The molecule has 0 aliphatic carbocycles. The van der Waals surface area contributed by atoms with Gasteiger partial charge in [0.15, 0.2) is 11.5 Å². The Morgan fingerprint density at radius 2 is 1.55 bits per heavy atom. The molecule has 0 atom stereocenters. The zero-order valence-electron chi connectivity index (χ0n) is 17.1. The highest BCUT2D eigenvalue weighted by Gasteiger charge is 2.18. The molecule has 0 fully saturated rings. The van der Waals surface area contributed by atoms with Gasteiger partial charge in [0.05, 0.1) is 16.6 Å². The first-order valence-corrected chi connectivity index (χ1v) is 11.6. The van der Waals surface area contributed by atoms with E-state index >= 15 is 0 Å². The average Bonchev–Trinajstić information content (AvgIpc) is 2.72. The Hall–Kier alpha value is -1.52. The first kappa shape index (κ1) is 23.8. The molecule has 0 amide bonds. The Bertz CT molecular complexity index is 749. The first-order valence-electron chi connectivity index (χ1n) is 10.4. The van der Waals surface area contributed by atoms with Gasteiger partial charge < -0.3 is 9.47 Å². The van der Waals surface area contributed by atoms with Gasteiger partial charge in [0, 0.05) is 0 Å². The maximum Gasteiger partial charge on any atom is 0.253 e. The number of unbranched alkanes of at least 4 members (excludes halogenated alkanes) is 7. The van der Waals surface area contributed by atoms with Gasteiger partial charge in [-0.05, 0) is 51.6 Å². The molecular weight excluding hydrogens is 452 g/mol. The fourth-order valence-electron chi connectivity index (χ4n) is 3.09. The van der Waals surface area contributed by atoms with Gasteiger partial charge in [0.1, 0.15) is 6.61 Å². The smallest absolute Gasteiger partial charge is 0.253 e. The van der Waals surface area contributed by atoms with Crippen LogP contribution in [0.4, 0.5) is 0 Å². The van der Waals surface area contributed by atoms with Crippen molar-refractivity contribution in [2.75, 3.05) is 6.61 Å². The zero-order valence-corrected chi connectivity index (χ0v) is 19.4. The predicted octanol–water partition coefficient (Wildman–Crippen LogP) is 7.93. The first-order chi connectivity index (χ1) is 14.1. The Labute approximate surface area is 187 Å². The van der Waals surface area contributed by atoms with Crippen molar-refractivity contribution >= 4 is 32.8 Å². The predicted molar refractivity (Wildman–Crippen MR) is 123 cm³/mol. The lowest BCUT2D eigenvalue weighted by atomic mass is 10.1. The molecule has 0 radical (unpaired) electrons. The molecule has 0 aliphatic rings. The topological polar surface area (TPSA) is 35.5 Å². The highest BCUT2D eigenvalue weighted by atomic mass is 79.9. The molecule has 0 N–H and O–H groups in total. The fourth-order valence-corrected chi connectivity index (χ4v) is 3.98. The number of ether oxygens (including phenoxy) is 2. The van der Waals surface area contributed by atoms with E-state index in [4.69, 9.17) is 21.1 Å². The van der Waals surface area contributed by atoms with E-state index in [1.165, 1.54) is 38.5 Å². The Balaban J connectivity index is 1.90. The number of carbonyl (C=O) groups is 1. The summed E-state index contributed by atoms with van der Waals surface area (Å²) in [5.74, 6) is 1.14. The third-order valence-corrected chi connectivity index (χ3v) is 5.75. The van der Waals surface area contributed by atoms with Crippen LogP contribution in [0, 0.1) is 0 Å². The summed E-state index contributed by atoms with van der Waals surface area (Å²) in [5, 5.41) is -0.531. The molecule has 0 saturated heterocycles. The van der Waals surface area contributed by atoms with Gasteiger partial charge in [-0.25, -0.2) is 0 Å². The normalized spacial score (nSPS) is 10.7. The van der Waals surface area contributed by atoms with Crippen LogP contribution in [0.15, 0.2) is 46.9 Å². The van der Waals surface area contributed by atoms with Crippen molar-refractivity contribution in [2.45, 2.75) is 64.9 Å². The molecule has 2 aromatic carbocycles. The third-order valence-electron chi connectivity index (χ3n) is 4.75. The molecule has 5 heteroatoms. The SMILES string of the molecule is CCCCCCCCCCOc1ccc(C(=O)Cl)c(Br)c1OCc1ccccc1. The summed E-state index contributed by atoms with van der Waals surface area (Å²) in [5.41, 5.74) is 1.41. The second-order valence-corrected chi connectivity index (χ2v) is 8.26. The van der Waals surface area contributed by atoms with Crippen LogP contribution in [0.1, 0.15) is 74.2 Å². The molecule has 0 spiro atoms. The average molecular weight is 482 g/mol. The molecule has 0 heterocycles. The van der Waals surface area contributed by atoms with E-state index in [1.54, 1.807) is 12.1 Å². The summed E-state index contributed by atoms with van der Waals surface area (Å²) in [6, 6.07) is 13.3. The van der Waals surface area contributed by atoms with E-state index in [0.717, 1.165) is 18.4 Å². The number of benzene rings is 2. The fraction of sp³-hybridized carbons (Fsp3) is 0.458. The van der Waals surface area contributed by atoms with Crippen LogP contribution in [0.3, 0.4) is 0 Å². The Morgan fingerprint density at radius 1 is 0.897 bits per heavy atom. The summed E-state index contributed by atoms with van der Waals surface area (Å²) < 4.78 is 12.5. The number of hydrogen-bond donors (Lipinski definition) is 0. The van der Waals surface area contributed by atoms with Crippen molar-refractivity contribution < 1.29 is 14.3 Å². The second-order valence-electron chi connectivity index (χ2n) is 7.13. The minimum absolute atomic E-state index is 0.370. The van der Waals surface area contributed by atoms with Crippen LogP contribution in [0.5, 0.6) is 11.5 Å². The van der Waals surface area contributed by atoms with Gasteiger partial charge in [0.25, 0.3) is 5.24 Å². The third kappa shape index (κ3) is 8.39. The van der Waals surface area contributed by atoms with Crippen molar-refractivity contribution in [2.24, 2.45) is 0 Å². The zero-order chi connectivity index (χ0) is 20.9. The largest absolute Gasteiger partial charge is 0.490 e. The summed E-state index contributed by atoms with van der Waals surface area (Å²) in [6.07, 6.45) is 9.99.